The molecule has 134 valence electrons. The number of hydrogen-bond donors (Lipinski definition) is 1. The number of rotatable bonds is 6. The molecule has 9 heteroatoms. The smallest absolute Gasteiger partial charge is 0.348 e. The molecule has 0 radical (unpaired) electrons. The van der Waals surface area contributed by atoms with Crippen LogP contribution in [0.5, 0.6) is 0 Å². The van der Waals surface area contributed by atoms with Gasteiger partial charge in [-0.1, -0.05) is 12.1 Å². The second kappa shape index (κ2) is 8.07. The number of carbonyl (C=O) groups is 3. The standard InChI is InChI=1S/C17H14N2O5S2/c1-23-15(21)8-18-14(20)9-24-17(22)13-7-6-12(25-13)16-19-10-4-2-3-5-11(10)26-16/h2-7H,8-9H2,1H3,(H,18,20). The molecule has 0 saturated carbocycles. The Balaban J connectivity index is 1.59. The summed E-state index contributed by atoms with van der Waals surface area (Å²) in [6.07, 6.45) is 0. The fourth-order valence-electron chi connectivity index (χ4n) is 2.04. The lowest BCUT2D eigenvalue weighted by molar-refractivity contribution is -0.141. The number of hydrogen-bond acceptors (Lipinski definition) is 8. The lowest BCUT2D eigenvalue weighted by Crippen LogP contribution is -2.33. The van der Waals surface area contributed by atoms with Gasteiger partial charge < -0.3 is 14.8 Å². The Labute approximate surface area is 156 Å². The molecule has 3 rings (SSSR count). The first-order valence-electron chi connectivity index (χ1n) is 7.53. The van der Waals surface area contributed by atoms with E-state index in [2.05, 4.69) is 15.0 Å². The summed E-state index contributed by atoms with van der Waals surface area (Å²) in [5.41, 5.74) is 0.910. The van der Waals surface area contributed by atoms with E-state index in [0.29, 0.717) is 4.88 Å². The highest BCUT2D eigenvalue weighted by atomic mass is 32.1. The van der Waals surface area contributed by atoms with Crippen LogP contribution in [0.1, 0.15) is 9.67 Å². The molecular formula is C17H14N2O5S2. The van der Waals surface area contributed by atoms with Crippen molar-refractivity contribution in [1.82, 2.24) is 10.3 Å². The third kappa shape index (κ3) is 4.24. The molecule has 3 aromatic rings. The Hall–Kier alpha value is -2.78. The molecule has 0 fully saturated rings. The van der Waals surface area contributed by atoms with Gasteiger partial charge in [-0.3, -0.25) is 9.59 Å². The van der Waals surface area contributed by atoms with Gasteiger partial charge in [-0.2, -0.15) is 0 Å². The Morgan fingerprint density at radius 3 is 2.69 bits per heavy atom. The average Bonchev–Trinajstić information content (AvgIpc) is 3.30. The van der Waals surface area contributed by atoms with Crippen LogP contribution in [0, 0.1) is 0 Å². The normalized spacial score (nSPS) is 10.5. The number of esters is 2. The highest BCUT2D eigenvalue weighted by Gasteiger charge is 2.15. The minimum absolute atomic E-state index is 0.270. The van der Waals surface area contributed by atoms with Gasteiger partial charge in [0.05, 0.1) is 22.2 Å². The number of amides is 1. The van der Waals surface area contributed by atoms with Gasteiger partial charge in [0.1, 0.15) is 16.4 Å². The summed E-state index contributed by atoms with van der Waals surface area (Å²) in [4.78, 5) is 40.3. The fourth-order valence-corrected chi connectivity index (χ4v) is 3.96. The van der Waals surface area contributed by atoms with Crippen molar-refractivity contribution in [2.75, 3.05) is 20.3 Å². The highest BCUT2D eigenvalue weighted by molar-refractivity contribution is 7.26. The van der Waals surface area contributed by atoms with Crippen LogP contribution >= 0.6 is 22.7 Å². The zero-order valence-corrected chi connectivity index (χ0v) is 15.3. The maximum absolute atomic E-state index is 12.1. The summed E-state index contributed by atoms with van der Waals surface area (Å²) in [7, 11) is 1.22. The summed E-state index contributed by atoms with van der Waals surface area (Å²) in [5.74, 6) is -1.76. The van der Waals surface area contributed by atoms with Gasteiger partial charge in [0, 0.05) is 0 Å². The van der Waals surface area contributed by atoms with Crippen LogP contribution in [0.4, 0.5) is 0 Å². The summed E-state index contributed by atoms with van der Waals surface area (Å²) < 4.78 is 10.4. The van der Waals surface area contributed by atoms with Gasteiger partial charge in [-0.05, 0) is 24.3 Å². The fraction of sp³-hybridized carbons (Fsp3) is 0.176. The van der Waals surface area contributed by atoms with E-state index in [9.17, 15) is 14.4 Å². The Morgan fingerprint density at radius 1 is 1.12 bits per heavy atom. The zero-order valence-electron chi connectivity index (χ0n) is 13.7. The van der Waals surface area contributed by atoms with Crippen LogP contribution in [-0.2, 0) is 19.1 Å². The topological polar surface area (TPSA) is 94.6 Å². The molecule has 0 unspecified atom stereocenters. The van der Waals surface area contributed by atoms with E-state index in [4.69, 9.17) is 4.74 Å². The van der Waals surface area contributed by atoms with Crippen LogP contribution < -0.4 is 5.32 Å². The quantitative estimate of drug-likeness (QED) is 0.650. The van der Waals surface area contributed by atoms with Gasteiger partial charge in [0.2, 0.25) is 0 Å². The first-order chi connectivity index (χ1) is 12.6. The average molecular weight is 390 g/mol. The van der Waals surface area contributed by atoms with E-state index in [1.165, 1.54) is 18.4 Å². The minimum Gasteiger partial charge on any atom is -0.468 e. The number of ether oxygens (including phenoxy) is 2. The summed E-state index contributed by atoms with van der Waals surface area (Å²) in [6.45, 7) is -0.738. The van der Waals surface area contributed by atoms with Gasteiger partial charge in [-0.15, -0.1) is 22.7 Å². The SMILES string of the molecule is COC(=O)CNC(=O)COC(=O)c1ccc(-c2nc3ccccc3s2)s1. The van der Waals surface area contributed by atoms with Gasteiger partial charge in [0.25, 0.3) is 5.91 Å². The lowest BCUT2D eigenvalue weighted by atomic mass is 10.3. The largest absolute Gasteiger partial charge is 0.468 e. The molecule has 2 heterocycles. The molecule has 0 aliphatic rings. The second-order valence-corrected chi connectivity index (χ2v) is 7.19. The van der Waals surface area contributed by atoms with Crippen LogP contribution in [0.25, 0.3) is 20.1 Å². The van der Waals surface area contributed by atoms with Crippen molar-refractivity contribution in [3.63, 3.8) is 0 Å². The predicted molar refractivity (Wildman–Crippen MR) is 98.2 cm³/mol. The molecule has 1 amide bonds. The van der Waals surface area contributed by atoms with Gasteiger partial charge in [-0.25, -0.2) is 9.78 Å². The molecule has 0 spiro atoms. The van der Waals surface area contributed by atoms with E-state index < -0.39 is 24.5 Å². The number of thiophene rings is 1. The number of para-hydroxylation sites is 1. The van der Waals surface area contributed by atoms with E-state index in [-0.39, 0.29) is 6.54 Å². The van der Waals surface area contributed by atoms with Crippen LogP contribution in [0.15, 0.2) is 36.4 Å². The highest BCUT2D eigenvalue weighted by Crippen LogP contribution is 2.34. The molecule has 7 nitrogen and oxygen atoms in total. The lowest BCUT2D eigenvalue weighted by Gasteiger charge is -2.04. The van der Waals surface area contributed by atoms with Crippen LogP contribution in [0.2, 0.25) is 0 Å². The first-order valence-corrected chi connectivity index (χ1v) is 9.16. The predicted octanol–water partition coefficient (Wildman–Crippen LogP) is 2.47. The monoisotopic (exact) mass is 390 g/mol. The van der Waals surface area contributed by atoms with Gasteiger partial charge in [0.15, 0.2) is 6.61 Å². The maximum Gasteiger partial charge on any atom is 0.348 e. The van der Waals surface area contributed by atoms with Crippen molar-refractivity contribution in [3.8, 4) is 9.88 Å². The second-order valence-electron chi connectivity index (χ2n) is 5.08. The molecule has 0 atom stereocenters. The third-order valence-electron chi connectivity index (χ3n) is 3.30. The van der Waals surface area contributed by atoms with Crippen molar-refractivity contribution in [1.29, 1.82) is 0 Å². The number of methoxy groups -OCH3 is 1. The number of fused-ring (bicyclic) bond motifs is 1. The molecule has 0 aliphatic heterocycles. The molecule has 26 heavy (non-hydrogen) atoms. The summed E-state index contributed by atoms with van der Waals surface area (Å²) in [5, 5.41) is 3.12. The molecule has 1 aromatic carbocycles. The summed E-state index contributed by atoms with van der Waals surface area (Å²) in [6, 6.07) is 11.2. The molecular weight excluding hydrogens is 376 g/mol. The van der Waals surface area contributed by atoms with Crippen molar-refractivity contribution in [2.45, 2.75) is 0 Å². The molecule has 0 bridgehead atoms. The maximum atomic E-state index is 12.1. The molecule has 0 saturated heterocycles. The first kappa shape index (κ1) is 18.0. The summed E-state index contributed by atoms with van der Waals surface area (Å²) >= 11 is 2.79. The number of nitrogens with one attached hydrogen (secondary N) is 1. The Kier molecular flexibility index (Phi) is 5.59. The number of carbonyl (C=O) groups excluding carboxylic acids is 3. The molecule has 2 aromatic heterocycles. The Bertz CT molecular complexity index is 930. The number of aromatic nitrogens is 1. The van der Waals surface area contributed by atoms with Crippen molar-refractivity contribution >= 4 is 50.7 Å². The van der Waals surface area contributed by atoms with E-state index >= 15 is 0 Å². The number of thiazole rings is 1. The number of nitrogens with zero attached hydrogens (tertiary/aromatic N) is 1. The third-order valence-corrected chi connectivity index (χ3v) is 5.57. The molecule has 1 N–H and O–H groups in total. The zero-order chi connectivity index (χ0) is 18.5. The van der Waals surface area contributed by atoms with Crippen molar-refractivity contribution < 1.29 is 23.9 Å². The van der Waals surface area contributed by atoms with E-state index in [1.54, 1.807) is 23.5 Å². The van der Waals surface area contributed by atoms with E-state index in [1.807, 2.05) is 24.3 Å². The minimum atomic E-state index is -0.601. The number of benzene rings is 1. The van der Waals surface area contributed by atoms with E-state index in [0.717, 1.165) is 20.1 Å². The van der Waals surface area contributed by atoms with Crippen molar-refractivity contribution in [2.24, 2.45) is 0 Å². The van der Waals surface area contributed by atoms with Crippen LogP contribution in [-0.4, -0.2) is 43.1 Å². The van der Waals surface area contributed by atoms with Crippen LogP contribution in [0.3, 0.4) is 0 Å². The molecule has 0 aliphatic carbocycles. The van der Waals surface area contributed by atoms with Gasteiger partial charge >= 0.3 is 11.9 Å². The Morgan fingerprint density at radius 2 is 1.92 bits per heavy atom. The van der Waals surface area contributed by atoms with Crippen molar-refractivity contribution in [3.05, 3.63) is 41.3 Å².